The Morgan fingerprint density at radius 3 is 1.50 bits per heavy atom. The maximum atomic E-state index is 7.40. The van der Waals surface area contributed by atoms with Crippen LogP contribution in [0.3, 0.4) is 0 Å². The molecule has 0 spiro atoms. The summed E-state index contributed by atoms with van der Waals surface area (Å²) in [5.41, 5.74) is 0. The fraction of sp³-hybridized carbons (Fsp3) is 0. The Morgan fingerprint density at radius 2 is 1.50 bits per heavy atom. The molecule has 0 aliphatic heterocycles. The van der Waals surface area contributed by atoms with E-state index >= 15 is 0 Å². The van der Waals surface area contributed by atoms with Crippen LogP contribution in [0.2, 0.25) is 0 Å². The molecule has 0 saturated carbocycles. The van der Waals surface area contributed by atoms with Crippen molar-refractivity contribution in [2.75, 3.05) is 0 Å². The molecule has 0 aromatic carbocycles. The Morgan fingerprint density at radius 1 is 1.50 bits per heavy atom. The van der Waals surface area contributed by atoms with E-state index < -0.39 is 0 Å². The number of hydrogen-bond donors (Lipinski definition) is 0. The molecule has 0 heterocycles. The zero-order valence-electron chi connectivity index (χ0n) is 3.20. The summed E-state index contributed by atoms with van der Waals surface area (Å²) >= 11 is 2.87. The summed E-state index contributed by atoms with van der Waals surface area (Å²) < 4.78 is 3.50. The first-order valence-corrected chi connectivity index (χ1v) is 3.40. The second kappa shape index (κ2) is 16.2. The van der Waals surface area contributed by atoms with Crippen LogP contribution in [-0.4, -0.2) is 49.0 Å². The van der Waals surface area contributed by atoms with Crippen molar-refractivity contribution >= 4 is 49.0 Å². The van der Waals surface area contributed by atoms with E-state index in [9.17, 15) is 0 Å². The van der Waals surface area contributed by atoms with Crippen LogP contribution in [0.5, 0.6) is 0 Å². The molecule has 0 amide bonds. The van der Waals surface area contributed by atoms with Crippen molar-refractivity contribution in [3.8, 4) is 4.45 Å². The first-order valence-electron chi connectivity index (χ1n) is 1.10. The number of nitriles is 2. The normalized spacial score (nSPS) is 3.00. The third-order valence-electron chi connectivity index (χ3n) is 0. The Balaban J connectivity index is 0. The molecule has 0 saturated heterocycles. The van der Waals surface area contributed by atoms with Gasteiger partial charge in [-0.3, -0.25) is 0 Å². The summed E-state index contributed by atoms with van der Waals surface area (Å²) in [5.74, 6) is 0. The Hall–Kier alpha value is 1.36. The summed E-state index contributed by atoms with van der Waals surface area (Å²) in [6.45, 7) is 0. The second-order valence-electron chi connectivity index (χ2n) is 0.291. The topological polar surface area (TPSA) is 47.6 Å². The molecule has 0 unspecified atom stereocenters. The number of nitrogens with zero attached hydrogens (tertiary/aromatic N) is 2. The SMILES string of the molecule is N#[C][Ag].N#[C][K]. The van der Waals surface area contributed by atoms with E-state index in [0.717, 1.165) is 0 Å². The van der Waals surface area contributed by atoms with Gasteiger partial charge in [0.1, 0.15) is 0 Å². The van der Waals surface area contributed by atoms with Crippen LogP contribution >= 0.6 is 0 Å². The fourth-order valence-corrected chi connectivity index (χ4v) is 0. The van der Waals surface area contributed by atoms with Gasteiger partial charge in [0.05, 0.1) is 0 Å². The second-order valence-corrected chi connectivity index (χ2v) is 1.32. The van der Waals surface area contributed by atoms with Gasteiger partial charge < -0.3 is 0 Å². The molecule has 2 nitrogen and oxygen atoms in total. The van der Waals surface area contributed by atoms with E-state index in [4.69, 9.17) is 10.5 Å². The van der Waals surface area contributed by atoms with Crippen molar-refractivity contribution in [1.82, 2.24) is 0 Å². The zero-order chi connectivity index (χ0) is 5.41. The van der Waals surface area contributed by atoms with Crippen LogP contribution in [0.4, 0.5) is 0 Å². The van der Waals surface area contributed by atoms with Gasteiger partial charge in [0, 0.05) is 0 Å². The molecule has 0 radical (unpaired) electrons. The summed E-state index contributed by atoms with van der Waals surface area (Å²) in [5, 5.41) is 14.6. The molecule has 0 aromatic rings. The Labute approximate surface area is 83.0 Å². The van der Waals surface area contributed by atoms with Crippen molar-refractivity contribution in [3.63, 3.8) is 0 Å². The van der Waals surface area contributed by atoms with E-state index in [2.05, 4.69) is 21.1 Å². The molecule has 0 aliphatic rings. The van der Waals surface area contributed by atoms with Crippen molar-refractivity contribution < 1.29 is 21.1 Å². The monoisotopic (exact) mass is 198 g/mol. The van der Waals surface area contributed by atoms with Gasteiger partial charge in [-0.25, -0.2) is 0 Å². The Kier molecular flexibility index (Phi) is 28.0. The molecule has 0 rings (SSSR count). The zero-order valence-corrected chi connectivity index (χ0v) is 7.80. The molecule has 30 valence electrons. The minimum absolute atomic E-state index is 0.410. The van der Waals surface area contributed by atoms with Crippen molar-refractivity contribution in [2.24, 2.45) is 0 Å². The van der Waals surface area contributed by atoms with Crippen LogP contribution < -0.4 is 0 Å². The van der Waals surface area contributed by atoms with Crippen molar-refractivity contribution in [1.29, 1.82) is 10.5 Å². The predicted molar refractivity (Wildman–Crippen MR) is 17.0 cm³/mol. The van der Waals surface area contributed by atoms with Gasteiger partial charge in [-0.2, -0.15) is 0 Å². The average molecular weight is 199 g/mol. The van der Waals surface area contributed by atoms with Crippen molar-refractivity contribution in [2.45, 2.75) is 0 Å². The molecule has 0 aromatic heterocycles. The predicted octanol–water partition coefficient (Wildman–Crippen LogP) is -0.350. The van der Waals surface area contributed by atoms with Crippen LogP contribution in [0.1, 0.15) is 0 Å². The third kappa shape index (κ3) is 55.2. The first-order chi connectivity index (χ1) is 2.83. The summed E-state index contributed by atoms with van der Waals surface area (Å²) in [6.07, 6.45) is 0. The summed E-state index contributed by atoms with van der Waals surface area (Å²) in [7, 11) is 0. The molecule has 0 atom stereocenters. The van der Waals surface area contributed by atoms with E-state index in [1.54, 1.807) is 4.29 Å². The quantitative estimate of drug-likeness (QED) is 0.500. The number of hydrogen-bond acceptors (Lipinski definition) is 2. The molecular formula is C2AgKN2. The summed E-state index contributed by atoms with van der Waals surface area (Å²) in [4.78, 5) is 0. The van der Waals surface area contributed by atoms with Gasteiger partial charge in [-0.15, -0.1) is 0 Å². The molecule has 4 heteroatoms. The van der Waals surface area contributed by atoms with Gasteiger partial charge in [0.15, 0.2) is 0 Å². The van der Waals surface area contributed by atoms with E-state index in [0.29, 0.717) is 49.0 Å². The first kappa shape index (κ1) is 10.4. The molecular weight excluding hydrogens is 199 g/mol. The van der Waals surface area contributed by atoms with E-state index in [1.165, 1.54) is 0 Å². The van der Waals surface area contributed by atoms with Gasteiger partial charge in [0.2, 0.25) is 0 Å². The Bertz CT molecular complexity index is 66.5. The maximum absolute atomic E-state index is 7.40. The van der Waals surface area contributed by atoms with Gasteiger partial charge in [-0.1, -0.05) is 0 Å². The standard InChI is InChI=1S/2CN.Ag.K/c2*1-2;;. The van der Waals surface area contributed by atoms with Crippen molar-refractivity contribution in [3.05, 3.63) is 0 Å². The van der Waals surface area contributed by atoms with Gasteiger partial charge in [0.25, 0.3) is 0 Å². The molecule has 0 aliphatic carbocycles. The number of rotatable bonds is 0. The minimum atomic E-state index is 0.410. The van der Waals surface area contributed by atoms with Crippen LogP contribution in [0.15, 0.2) is 0 Å². The van der Waals surface area contributed by atoms with E-state index in [1.807, 2.05) is 0.164 Å². The van der Waals surface area contributed by atoms with Gasteiger partial charge in [-0.05, 0) is 0 Å². The van der Waals surface area contributed by atoms with E-state index in [-0.39, 0.29) is 0 Å². The van der Waals surface area contributed by atoms with Crippen LogP contribution in [0, 0.1) is 15.0 Å². The fourth-order valence-electron chi connectivity index (χ4n) is 0. The van der Waals surface area contributed by atoms with Crippen LogP contribution in [-0.2, 0) is 21.1 Å². The third-order valence-corrected chi connectivity index (χ3v) is 0. The average Bonchev–Trinajstić information content (AvgIpc) is 1.39. The summed E-state index contributed by atoms with van der Waals surface area (Å²) in [6, 6.07) is 0. The molecule has 0 N–H and O–H groups in total. The van der Waals surface area contributed by atoms with Gasteiger partial charge >= 0.3 is 85.0 Å². The molecule has 0 fully saturated rings. The molecule has 6 heavy (non-hydrogen) atoms. The molecule has 0 bridgehead atoms. The van der Waals surface area contributed by atoms with Crippen LogP contribution in [0.25, 0.3) is 0 Å².